The minimum Gasteiger partial charge on any atom is -0.354 e. The fraction of sp³-hybridized carbons (Fsp3) is 0.400. The third-order valence-corrected chi connectivity index (χ3v) is 3.60. The Morgan fingerprint density at radius 1 is 1.35 bits per heavy atom. The van der Waals surface area contributed by atoms with Crippen molar-refractivity contribution in [3.8, 4) is 0 Å². The van der Waals surface area contributed by atoms with Gasteiger partial charge in [0.1, 0.15) is 0 Å². The van der Waals surface area contributed by atoms with E-state index in [0.717, 1.165) is 12.0 Å². The molecule has 0 bridgehead atoms. The minimum absolute atomic E-state index is 0. The number of carbonyl (C=O) groups excluding carboxylic acids is 2. The zero-order valence-corrected chi connectivity index (χ0v) is 13.6. The normalized spacial score (nSPS) is 11.8. The Bertz CT molecular complexity index is 735. The third-order valence-electron chi connectivity index (χ3n) is 3.60. The van der Waals surface area contributed by atoms with Crippen LogP contribution in [-0.4, -0.2) is 38.8 Å². The molecule has 2 heterocycles. The zero-order valence-electron chi connectivity index (χ0n) is 13.6. The van der Waals surface area contributed by atoms with Crippen molar-refractivity contribution in [1.82, 2.24) is 25.3 Å². The van der Waals surface area contributed by atoms with Crippen LogP contribution in [0, 0.1) is 0 Å². The molecule has 2 N–H and O–H groups in total. The van der Waals surface area contributed by atoms with E-state index in [1.54, 1.807) is 37.1 Å². The van der Waals surface area contributed by atoms with Gasteiger partial charge in [-0.3, -0.25) is 14.3 Å². The van der Waals surface area contributed by atoms with Crippen LogP contribution in [0.4, 0.5) is 5.82 Å². The lowest BCUT2D eigenvalue weighted by Crippen LogP contribution is -2.23. The van der Waals surface area contributed by atoms with Gasteiger partial charge in [-0.2, -0.15) is 5.10 Å². The van der Waals surface area contributed by atoms with Gasteiger partial charge in [0.05, 0.1) is 0 Å². The first-order chi connectivity index (χ1) is 11.0. The topological polar surface area (TPSA) is 102 Å². The van der Waals surface area contributed by atoms with Crippen molar-refractivity contribution in [2.75, 3.05) is 12.4 Å². The van der Waals surface area contributed by atoms with Crippen LogP contribution in [0.3, 0.4) is 0 Å². The van der Waals surface area contributed by atoms with E-state index in [1.807, 2.05) is 13.8 Å². The summed E-state index contributed by atoms with van der Waals surface area (Å²) in [5.41, 5.74) is 1.31. The summed E-state index contributed by atoms with van der Waals surface area (Å²) >= 11 is 0. The monoisotopic (exact) mass is 320 g/mol. The van der Waals surface area contributed by atoms with Crippen LogP contribution in [0.15, 0.2) is 18.3 Å². The summed E-state index contributed by atoms with van der Waals surface area (Å²) in [5, 5.41) is 17.1. The van der Waals surface area contributed by atoms with Crippen LogP contribution >= 0.6 is 0 Å². The van der Waals surface area contributed by atoms with E-state index >= 15 is 0 Å². The molecule has 2 aromatic heterocycles. The van der Waals surface area contributed by atoms with Crippen molar-refractivity contribution in [3.05, 3.63) is 35.3 Å². The van der Waals surface area contributed by atoms with Gasteiger partial charge in [0.25, 0.3) is 11.8 Å². The lowest BCUT2D eigenvalue weighted by atomic mass is 9.97. The molecule has 0 saturated heterocycles. The largest absolute Gasteiger partial charge is 0.354 e. The minimum atomic E-state index is -0.373. The summed E-state index contributed by atoms with van der Waals surface area (Å²) < 4.78 is 1.54. The van der Waals surface area contributed by atoms with Crippen LogP contribution in [0.2, 0.25) is 0 Å². The molecular formula is C15H24N6O2. The standard InChI is InChI=1S/C15H20N6O2.2H2/c1-5-9(2)10-8-12(18-19-13(10)15(23)16-3)17-14(22)11-6-7-21(4)20-11;;/h6-9H,5H2,1-4H3,(H,16,23)(H,17,18,22);2*1H. The number of aromatic nitrogens is 4. The Morgan fingerprint density at radius 2 is 2.09 bits per heavy atom. The number of anilines is 1. The van der Waals surface area contributed by atoms with Gasteiger partial charge in [0.2, 0.25) is 0 Å². The molecule has 0 aliphatic carbocycles. The highest BCUT2D eigenvalue weighted by atomic mass is 16.2. The number of amides is 2. The fourth-order valence-corrected chi connectivity index (χ4v) is 2.07. The maximum atomic E-state index is 12.1. The van der Waals surface area contributed by atoms with Crippen molar-refractivity contribution in [2.45, 2.75) is 26.2 Å². The predicted octanol–water partition coefficient (Wildman–Crippen LogP) is 1.83. The molecule has 0 spiro atoms. The summed E-state index contributed by atoms with van der Waals surface area (Å²) in [5.74, 6) is -0.259. The fourth-order valence-electron chi connectivity index (χ4n) is 2.07. The van der Waals surface area contributed by atoms with E-state index in [2.05, 4.69) is 25.9 Å². The van der Waals surface area contributed by atoms with Crippen LogP contribution < -0.4 is 10.6 Å². The number of nitrogens with one attached hydrogen (secondary N) is 2. The molecule has 2 amide bonds. The molecule has 8 nitrogen and oxygen atoms in total. The van der Waals surface area contributed by atoms with Crippen molar-refractivity contribution < 1.29 is 12.4 Å². The van der Waals surface area contributed by atoms with Crippen LogP contribution in [0.1, 0.15) is 55.6 Å². The van der Waals surface area contributed by atoms with Gasteiger partial charge in [-0.05, 0) is 30.0 Å². The number of hydrogen-bond acceptors (Lipinski definition) is 5. The highest BCUT2D eigenvalue weighted by molar-refractivity contribution is 6.02. The third kappa shape index (κ3) is 3.71. The SMILES string of the molecule is CCC(C)c1cc(NC(=O)c2ccn(C)n2)nnc1C(=O)NC.[HH].[HH]. The second kappa shape index (κ2) is 6.99. The summed E-state index contributed by atoms with van der Waals surface area (Å²) in [7, 11) is 3.27. The van der Waals surface area contributed by atoms with Crippen LogP contribution in [0.25, 0.3) is 0 Å². The first-order valence-electron chi connectivity index (χ1n) is 7.37. The molecule has 0 aliphatic heterocycles. The van der Waals surface area contributed by atoms with E-state index in [0.29, 0.717) is 5.82 Å². The molecule has 0 radical (unpaired) electrons. The van der Waals surface area contributed by atoms with E-state index in [1.165, 1.54) is 0 Å². The number of nitrogens with zero attached hydrogens (tertiary/aromatic N) is 4. The average Bonchev–Trinajstić information content (AvgIpc) is 3.00. The second-order valence-corrected chi connectivity index (χ2v) is 5.25. The van der Waals surface area contributed by atoms with Crippen molar-refractivity contribution in [2.24, 2.45) is 7.05 Å². The van der Waals surface area contributed by atoms with Crippen molar-refractivity contribution in [3.63, 3.8) is 0 Å². The van der Waals surface area contributed by atoms with Gasteiger partial charge in [-0.1, -0.05) is 13.8 Å². The summed E-state index contributed by atoms with van der Waals surface area (Å²) in [4.78, 5) is 24.0. The van der Waals surface area contributed by atoms with Gasteiger partial charge in [0, 0.05) is 23.1 Å². The molecule has 1 unspecified atom stereocenters. The molecule has 2 aromatic rings. The highest BCUT2D eigenvalue weighted by Crippen LogP contribution is 2.23. The first-order valence-corrected chi connectivity index (χ1v) is 7.37. The van der Waals surface area contributed by atoms with Crippen molar-refractivity contribution >= 4 is 17.6 Å². The van der Waals surface area contributed by atoms with E-state index in [9.17, 15) is 9.59 Å². The number of carbonyl (C=O) groups is 2. The van der Waals surface area contributed by atoms with Gasteiger partial charge < -0.3 is 10.6 Å². The maximum absolute atomic E-state index is 12.1. The highest BCUT2D eigenvalue weighted by Gasteiger charge is 2.19. The Hall–Kier alpha value is -2.77. The Balaban J connectivity index is 0.00000288. The molecule has 126 valence electrons. The number of aryl methyl sites for hydroxylation is 1. The quantitative estimate of drug-likeness (QED) is 0.875. The summed E-state index contributed by atoms with van der Waals surface area (Å²) in [6.07, 6.45) is 2.52. The molecule has 1 atom stereocenters. The van der Waals surface area contributed by atoms with Crippen LogP contribution in [0.5, 0.6) is 0 Å². The molecule has 0 aromatic carbocycles. The molecule has 8 heteroatoms. The summed E-state index contributed by atoms with van der Waals surface area (Å²) in [6, 6.07) is 3.30. The van der Waals surface area contributed by atoms with E-state index in [4.69, 9.17) is 0 Å². The van der Waals surface area contributed by atoms with Crippen molar-refractivity contribution in [1.29, 1.82) is 0 Å². The predicted molar refractivity (Wildman–Crippen MR) is 89.5 cm³/mol. The van der Waals surface area contributed by atoms with Gasteiger partial charge in [-0.15, -0.1) is 10.2 Å². The zero-order chi connectivity index (χ0) is 17.0. The Morgan fingerprint density at radius 3 is 2.65 bits per heavy atom. The second-order valence-electron chi connectivity index (χ2n) is 5.25. The van der Waals surface area contributed by atoms with Gasteiger partial charge in [0.15, 0.2) is 17.2 Å². The van der Waals surface area contributed by atoms with Crippen LogP contribution in [-0.2, 0) is 7.05 Å². The van der Waals surface area contributed by atoms with Gasteiger partial charge in [-0.25, -0.2) is 0 Å². The number of rotatable bonds is 5. The first kappa shape index (κ1) is 16.6. The molecular weight excluding hydrogens is 296 g/mol. The lowest BCUT2D eigenvalue weighted by molar-refractivity contribution is 0.0955. The average molecular weight is 320 g/mol. The number of hydrogen-bond donors (Lipinski definition) is 2. The molecule has 0 fully saturated rings. The van der Waals surface area contributed by atoms with E-state index < -0.39 is 0 Å². The molecule has 0 saturated carbocycles. The maximum Gasteiger partial charge on any atom is 0.277 e. The Labute approximate surface area is 137 Å². The molecule has 2 rings (SSSR count). The molecule has 0 aliphatic rings. The molecule has 23 heavy (non-hydrogen) atoms. The van der Waals surface area contributed by atoms with E-state index in [-0.39, 0.29) is 32.0 Å². The lowest BCUT2D eigenvalue weighted by Gasteiger charge is -2.14. The van der Waals surface area contributed by atoms with Gasteiger partial charge >= 0.3 is 0 Å². The smallest absolute Gasteiger partial charge is 0.277 e. The summed E-state index contributed by atoms with van der Waals surface area (Å²) in [6.45, 7) is 4.01. The Kier molecular flexibility index (Phi) is 5.05.